The topological polar surface area (TPSA) is 90.5 Å². The summed E-state index contributed by atoms with van der Waals surface area (Å²) in [5, 5.41) is 7.48. The summed E-state index contributed by atoms with van der Waals surface area (Å²) in [6.07, 6.45) is 5.94. The fourth-order valence-electron chi connectivity index (χ4n) is 4.21. The van der Waals surface area contributed by atoms with Gasteiger partial charge in [-0.2, -0.15) is 0 Å². The Morgan fingerprint density at radius 3 is 2.74 bits per heavy atom. The molecule has 0 unspecified atom stereocenters. The number of aromatic nitrogens is 2. The molecule has 9 heteroatoms. The van der Waals surface area contributed by atoms with Crippen LogP contribution in [0.2, 0.25) is 0 Å². The quantitative estimate of drug-likeness (QED) is 0.445. The highest BCUT2D eigenvalue weighted by molar-refractivity contribution is 7.19. The van der Waals surface area contributed by atoms with Gasteiger partial charge in [-0.25, -0.2) is 9.97 Å². The highest BCUT2D eigenvalue weighted by Gasteiger charge is 2.26. The number of hydrogen-bond acceptors (Lipinski definition) is 7. The molecule has 1 atom stereocenters. The average molecular weight is 493 g/mol. The first-order chi connectivity index (χ1) is 17.0. The first-order valence-electron chi connectivity index (χ1n) is 11.9. The Kier molecular flexibility index (Phi) is 8.09. The highest BCUT2D eigenvalue weighted by atomic mass is 32.1. The zero-order valence-corrected chi connectivity index (χ0v) is 21.3. The van der Waals surface area contributed by atoms with Gasteiger partial charge in [0.05, 0.1) is 18.0 Å². The maximum absolute atomic E-state index is 12.7. The Bertz CT molecular complexity index is 1210. The predicted octanol–water partition coefficient (Wildman–Crippen LogP) is 3.37. The van der Waals surface area contributed by atoms with Crippen LogP contribution in [0.25, 0.3) is 10.2 Å². The number of carbonyl (C=O) groups is 2. The Labute approximate surface area is 210 Å². The molecule has 0 saturated heterocycles. The normalized spacial score (nSPS) is 14.3. The van der Waals surface area contributed by atoms with Gasteiger partial charge >= 0.3 is 0 Å². The van der Waals surface area contributed by atoms with Crippen LogP contribution in [0.1, 0.15) is 35.4 Å². The summed E-state index contributed by atoms with van der Waals surface area (Å²) in [5.41, 5.74) is 2.44. The molecule has 8 nitrogen and oxygen atoms in total. The fraction of sp³-hybridized carbons (Fsp3) is 0.385. The fourth-order valence-corrected chi connectivity index (χ4v) is 5.41. The molecular weight excluding hydrogens is 460 g/mol. The Morgan fingerprint density at radius 1 is 1.20 bits per heavy atom. The minimum atomic E-state index is -0.255. The standard InChI is InChI=1S/C26H32N6O2S/c1-4-20(18-8-6-5-7-9-18)30-25-24-19-12-14-32(16-21(19)35-26(24)29-17-28-25)23(34)11-10-22(33)27-13-15-31(2)3/h5-11,17,20H,4,12-16H2,1-3H3,(H,27,33)(H,28,29,30)/t20-/m1/s1. The van der Waals surface area contributed by atoms with Gasteiger partial charge in [-0.15, -0.1) is 11.3 Å². The summed E-state index contributed by atoms with van der Waals surface area (Å²) in [6, 6.07) is 10.5. The van der Waals surface area contributed by atoms with Gasteiger partial charge in [-0.3, -0.25) is 9.59 Å². The van der Waals surface area contributed by atoms with E-state index in [1.165, 1.54) is 23.3 Å². The molecule has 0 aliphatic carbocycles. The van der Waals surface area contributed by atoms with Crippen LogP contribution in [0.4, 0.5) is 5.82 Å². The molecule has 2 aromatic heterocycles. The lowest BCUT2D eigenvalue weighted by atomic mass is 10.0. The van der Waals surface area contributed by atoms with E-state index in [2.05, 4.69) is 51.8 Å². The number of amides is 2. The van der Waals surface area contributed by atoms with Crippen LogP contribution in [-0.4, -0.2) is 65.3 Å². The average Bonchev–Trinajstić information content (AvgIpc) is 3.24. The van der Waals surface area contributed by atoms with Gasteiger partial charge in [0.1, 0.15) is 17.0 Å². The van der Waals surface area contributed by atoms with Crippen molar-refractivity contribution < 1.29 is 9.59 Å². The van der Waals surface area contributed by atoms with Crippen LogP contribution in [0.15, 0.2) is 48.8 Å². The largest absolute Gasteiger partial charge is 0.363 e. The molecule has 2 N–H and O–H groups in total. The highest BCUT2D eigenvalue weighted by Crippen LogP contribution is 2.38. The van der Waals surface area contributed by atoms with E-state index >= 15 is 0 Å². The van der Waals surface area contributed by atoms with Crippen LogP contribution >= 0.6 is 11.3 Å². The van der Waals surface area contributed by atoms with E-state index in [-0.39, 0.29) is 17.9 Å². The first-order valence-corrected chi connectivity index (χ1v) is 12.7. The van der Waals surface area contributed by atoms with Crippen molar-refractivity contribution in [2.45, 2.75) is 32.4 Å². The molecule has 0 radical (unpaired) electrons. The van der Waals surface area contributed by atoms with Crippen molar-refractivity contribution >= 4 is 39.2 Å². The third-order valence-electron chi connectivity index (χ3n) is 6.11. The molecule has 0 saturated carbocycles. The van der Waals surface area contributed by atoms with Crippen molar-refractivity contribution in [2.24, 2.45) is 0 Å². The second-order valence-corrected chi connectivity index (χ2v) is 9.94. The van der Waals surface area contributed by atoms with Gasteiger partial charge in [-0.1, -0.05) is 37.3 Å². The predicted molar refractivity (Wildman–Crippen MR) is 140 cm³/mol. The molecule has 35 heavy (non-hydrogen) atoms. The molecule has 1 aliphatic rings. The zero-order valence-electron chi connectivity index (χ0n) is 20.5. The number of nitrogens with zero attached hydrogens (tertiary/aromatic N) is 4. The Morgan fingerprint density at radius 2 is 2.00 bits per heavy atom. The van der Waals surface area contributed by atoms with Crippen molar-refractivity contribution in [3.8, 4) is 0 Å². The van der Waals surface area contributed by atoms with E-state index in [1.54, 1.807) is 22.6 Å². The third kappa shape index (κ3) is 6.04. The van der Waals surface area contributed by atoms with E-state index < -0.39 is 0 Å². The van der Waals surface area contributed by atoms with Gasteiger partial charge in [-0.05, 0) is 38.1 Å². The number of likely N-dealkylation sites (N-methyl/N-ethyl adjacent to an activating group) is 1. The van der Waals surface area contributed by atoms with Crippen molar-refractivity contribution in [1.82, 2.24) is 25.1 Å². The van der Waals surface area contributed by atoms with Gasteiger partial charge in [0, 0.05) is 36.7 Å². The lowest BCUT2D eigenvalue weighted by Gasteiger charge is -2.26. The van der Waals surface area contributed by atoms with Gasteiger partial charge in [0.2, 0.25) is 11.8 Å². The SMILES string of the molecule is CC[C@@H](Nc1ncnc2sc3c(c12)CCN(C(=O)C=CC(=O)NCCN(C)C)C3)c1ccccc1. The summed E-state index contributed by atoms with van der Waals surface area (Å²) in [6.45, 7) is 4.55. The monoisotopic (exact) mass is 492 g/mol. The van der Waals surface area contributed by atoms with E-state index in [0.717, 1.165) is 40.3 Å². The Balaban J connectivity index is 1.47. The summed E-state index contributed by atoms with van der Waals surface area (Å²) in [7, 11) is 3.89. The zero-order chi connectivity index (χ0) is 24.8. The third-order valence-corrected chi connectivity index (χ3v) is 7.23. The molecule has 0 bridgehead atoms. The number of anilines is 1. The molecule has 184 valence electrons. The molecule has 2 amide bonds. The summed E-state index contributed by atoms with van der Waals surface area (Å²) in [4.78, 5) is 39.6. The second-order valence-electron chi connectivity index (χ2n) is 8.86. The molecule has 1 aliphatic heterocycles. The minimum absolute atomic E-state index is 0.153. The Hall–Kier alpha value is -3.30. The van der Waals surface area contributed by atoms with Crippen molar-refractivity contribution in [3.63, 3.8) is 0 Å². The molecule has 4 rings (SSSR count). The van der Waals surface area contributed by atoms with Crippen molar-refractivity contribution in [2.75, 3.05) is 39.0 Å². The van der Waals surface area contributed by atoms with E-state index in [0.29, 0.717) is 19.6 Å². The number of fused-ring (bicyclic) bond motifs is 3. The van der Waals surface area contributed by atoms with Crippen LogP contribution in [-0.2, 0) is 22.6 Å². The second kappa shape index (κ2) is 11.4. The number of hydrogen-bond donors (Lipinski definition) is 2. The molecule has 3 heterocycles. The van der Waals surface area contributed by atoms with Gasteiger partial charge in [0.25, 0.3) is 0 Å². The number of nitrogens with one attached hydrogen (secondary N) is 2. The number of thiophene rings is 1. The molecule has 0 fully saturated rings. The number of carbonyl (C=O) groups excluding carboxylic acids is 2. The number of rotatable bonds is 9. The number of benzene rings is 1. The molecule has 3 aromatic rings. The smallest absolute Gasteiger partial charge is 0.247 e. The maximum atomic E-state index is 12.7. The molecular formula is C26H32N6O2S. The molecule has 1 aromatic carbocycles. The van der Waals surface area contributed by atoms with Crippen molar-refractivity contribution in [1.29, 1.82) is 0 Å². The van der Waals surface area contributed by atoms with Crippen LogP contribution in [0, 0.1) is 0 Å². The summed E-state index contributed by atoms with van der Waals surface area (Å²) in [5.74, 6) is 0.433. The summed E-state index contributed by atoms with van der Waals surface area (Å²) >= 11 is 1.61. The van der Waals surface area contributed by atoms with E-state index in [4.69, 9.17) is 0 Å². The van der Waals surface area contributed by atoms with Crippen LogP contribution in [0.5, 0.6) is 0 Å². The van der Waals surface area contributed by atoms with Gasteiger partial charge in [0.15, 0.2) is 0 Å². The van der Waals surface area contributed by atoms with Crippen molar-refractivity contribution in [3.05, 3.63) is 64.8 Å². The van der Waals surface area contributed by atoms with E-state index in [9.17, 15) is 9.59 Å². The van der Waals surface area contributed by atoms with Gasteiger partial charge < -0.3 is 20.4 Å². The minimum Gasteiger partial charge on any atom is -0.363 e. The molecule has 0 spiro atoms. The lowest BCUT2D eigenvalue weighted by molar-refractivity contribution is -0.127. The van der Waals surface area contributed by atoms with Crippen LogP contribution in [0.3, 0.4) is 0 Å². The maximum Gasteiger partial charge on any atom is 0.247 e. The van der Waals surface area contributed by atoms with E-state index in [1.807, 2.05) is 25.1 Å². The lowest BCUT2D eigenvalue weighted by Crippen LogP contribution is -2.34. The summed E-state index contributed by atoms with van der Waals surface area (Å²) < 4.78 is 0. The first kappa shape index (κ1) is 24.8. The van der Waals surface area contributed by atoms with Crippen LogP contribution < -0.4 is 10.6 Å².